The molecule has 0 spiro atoms. The van der Waals surface area contributed by atoms with Crippen LogP contribution in [0, 0.1) is 0 Å². The van der Waals surface area contributed by atoms with Crippen LogP contribution in [0.15, 0.2) is 0 Å². The third-order valence-electron chi connectivity index (χ3n) is 0. The zero-order valence-electron chi connectivity index (χ0n) is 9.26. The molecule has 2 N–H and O–H groups in total. The summed E-state index contributed by atoms with van der Waals surface area (Å²) >= 11 is 0. The van der Waals surface area contributed by atoms with E-state index < -0.39 is 11.9 Å². The van der Waals surface area contributed by atoms with Crippen LogP contribution < -0.4 is 10.2 Å². The Labute approximate surface area is 99.9 Å². The van der Waals surface area contributed by atoms with Gasteiger partial charge in [-0.2, -0.15) is 0 Å². The van der Waals surface area contributed by atoms with E-state index in [1.807, 2.05) is 0 Å². The first kappa shape index (κ1) is 29.3. The van der Waals surface area contributed by atoms with Crippen molar-refractivity contribution in [1.82, 2.24) is 0 Å². The average molecular weight is 269 g/mol. The predicted octanol–water partition coefficient (Wildman–Crippen LogP) is -2.49. The van der Waals surface area contributed by atoms with Gasteiger partial charge in [0, 0.05) is 25.2 Å². The van der Waals surface area contributed by atoms with Crippen LogP contribution in [0.4, 0.5) is 0 Å². The maximum atomic E-state index is 8.89. The Morgan fingerprint density at radius 2 is 0.933 bits per heavy atom. The molecule has 0 radical (unpaired) electrons. The minimum Gasteiger partial charge on any atom is -0.550 e. The minimum atomic E-state index is -1.08. The zero-order chi connectivity index (χ0) is 12.6. The van der Waals surface area contributed by atoms with Gasteiger partial charge in [-0.1, -0.05) is 0 Å². The number of hydrogen-bond acceptors (Lipinski definition) is 6. The average Bonchev–Trinajstić information content (AvgIpc) is 1.85. The molecular weight excluding hydrogens is 251 g/mol. The van der Waals surface area contributed by atoms with Gasteiger partial charge >= 0.3 is 16.5 Å². The fourth-order valence-electron chi connectivity index (χ4n) is 0. The molecule has 0 fully saturated rings. The molecule has 0 aliphatic rings. The van der Waals surface area contributed by atoms with Crippen molar-refractivity contribution in [3.8, 4) is 0 Å². The molecule has 6 nitrogen and oxygen atoms in total. The SMILES string of the molecule is CC(=O)[O-].CC(=O)[O-].CCO.CCO.[Ni+2]. The van der Waals surface area contributed by atoms with Gasteiger partial charge in [-0.25, -0.2) is 0 Å². The summed E-state index contributed by atoms with van der Waals surface area (Å²) in [7, 11) is 0. The third-order valence-corrected chi connectivity index (χ3v) is 0. The van der Waals surface area contributed by atoms with Crippen molar-refractivity contribution in [2.75, 3.05) is 13.2 Å². The van der Waals surface area contributed by atoms with Crippen molar-refractivity contribution in [2.24, 2.45) is 0 Å². The van der Waals surface area contributed by atoms with Gasteiger partial charge in [0.1, 0.15) is 0 Å². The maximum absolute atomic E-state index is 8.89. The number of aliphatic hydroxyl groups excluding tert-OH is 2. The van der Waals surface area contributed by atoms with Crippen molar-refractivity contribution in [3.05, 3.63) is 0 Å². The van der Waals surface area contributed by atoms with Gasteiger partial charge in [0.25, 0.3) is 0 Å². The molecule has 96 valence electrons. The third kappa shape index (κ3) is 4120. The summed E-state index contributed by atoms with van der Waals surface area (Å²) in [5.74, 6) is -2.17. The second-order valence-electron chi connectivity index (χ2n) is 1.62. The molecular formula is C8H18NiO6. The Morgan fingerprint density at radius 3 is 0.933 bits per heavy atom. The number of carbonyl (C=O) groups is 2. The Morgan fingerprint density at radius 1 is 0.933 bits per heavy atom. The van der Waals surface area contributed by atoms with Crippen LogP contribution in [0.2, 0.25) is 0 Å². The van der Waals surface area contributed by atoms with Crippen LogP contribution >= 0.6 is 0 Å². The number of rotatable bonds is 0. The number of carboxylic acid groups (broad SMARTS) is 2. The molecule has 7 heteroatoms. The van der Waals surface area contributed by atoms with E-state index in [4.69, 9.17) is 30.0 Å². The first-order valence-electron chi connectivity index (χ1n) is 3.86. The summed E-state index contributed by atoms with van der Waals surface area (Å²) in [6, 6.07) is 0. The van der Waals surface area contributed by atoms with Gasteiger partial charge in [-0.15, -0.1) is 0 Å². The quantitative estimate of drug-likeness (QED) is 0.469. The van der Waals surface area contributed by atoms with Crippen molar-refractivity contribution in [1.29, 1.82) is 0 Å². The molecule has 0 unspecified atom stereocenters. The molecule has 0 saturated heterocycles. The molecule has 15 heavy (non-hydrogen) atoms. The Bertz CT molecular complexity index is 95.7. The van der Waals surface area contributed by atoms with Crippen LogP contribution in [0.5, 0.6) is 0 Å². The smallest absolute Gasteiger partial charge is 0.550 e. The van der Waals surface area contributed by atoms with Crippen LogP contribution in [0.3, 0.4) is 0 Å². The van der Waals surface area contributed by atoms with Gasteiger partial charge in [-0.3, -0.25) is 0 Å². The number of carboxylic acids is 2. The zero-order valence-corrected chi connectivity index (χ0v) is 10.2. The molecule has 0 amide bonds. The topological polar surface area (TPSA) is 121 Å². The molecule has 0 atom stereocenters. The van der Waals surface area contributed by atoms with Crippen molar-refractivity contribution < 1.29 is 46.5 Å². The standard InChI is InChI=1S/2C2H4O2.2C2H6O.Ni/c2*1-2(3)4;2*1-2-3;/h2*1H3,(H,3,4);2*3H,2H2,1H3;/q;;;;+2/p-2. The monoisotopic (exact) mass is 268 g/mol. The van der Waals surface area contributed by atoms with Crippen LogP contribution in [-0.2, 0) is 26.1 Å². The fourth-order valence-corrected chi connectivity index (χ4v) is 0. The predicted molar refractivity (Wildman–Crippen MR) is 46.9 cm³/mol. The second kappa shape index (κ2) is 37.7. The number of aliphatic carboxylic acids is 2. The van der Waals surface area contributed by atoms with E-state index in [2.05, 4.69) is 0 Å². The molecule has 0 aromatic rings. The summed E-state index contributed by atoms with van der Waals surface area (Å²) in [4.78, 5) is 17.8. The molecule has 0 aliphatic heterocycles. The van der Waals surface area contributed by atoms with Gasteiger partial charge in [-0.05, 0) is 27.7 Å². The van der Waals surface area contributed by atoms with Crippen molar-refractivity contribution in [3.63, 3.8) is 0 Å². The van der Waals surface area contributed by atoms with Gasteiger partial charge in [0.05, 0.1) is 0 Å². The number of aliphatic hydroxyl groups is 2. The maximum Gasteiger partial charge on any atom is 2.00 e. The summed E-state index contributed by atoms with van der Waals surface area (Å²) in [6.07, 6.45) is 0. The van der Waals surface area contributed by atoms with Crippen LogP contribution in [-0.4, -0.2) is 35.4 Å². The van der Waals surface area contributed by atoms with E-state index in [1.165, 1.54) is 0 Å². The number of hydrogen-bond donors (Lipinski definition) is 2. The summed E-state index contributed by atoms with van der Waals surface area (Å²) < 4.78 is 0. The summed E-state index contributed by atoms with van der Waals surface area (Å²) in [5.41, 5.74) is 0. The van der Waals surface area contributed by atoms with E-state index in [9.17, 15) is 0 Å². The summed E-state index contributed by atoms with van der Waals surface area (Å²) in [6.45, 7) is 5.81. The van der Waals surface area contributed by atoms with E-state index in [-0.39, 0.29) is 29.7 Å². The summed E-state index contributed by atoms with van der Waals surface area (Å²) in [5, 5.41) is 32.9. The molecule has 0 aromatic heterocycles. The Balaban J connectivity index is -0.0000000293. The molecule has 0 aromatic carbocycles. The van der Waals surface area contributed by atoms with Crippen molar-refractivity contribution >= 4 is 11.9 Å². The normalized spacial score (nSPS) is 5.73. The van der Waals surface area contributed by atoms with E-state index in [0.717, 1.165) is 13.8 Å². The molecule has 0 heterocycles. The van der Waals surface area contributed by atoms with Crippen LogP contribution in [0.25, 0.3) is 0 Å². The first-order valence-corrected chi connectivity index (χ1v) is 3.86. The van der Waals surface area contributed by atoms with E-state index in [0.29, 0.717) is 0 Å². The molecule has 0 saturated carbocycles. The van der Waals surface area contributed by atoms with E-state index >= 15 is 0 Å². The molecule has 0 rings (SSSR count). The van der Waals surface area contributed by atoms with Gasteiger partial charge in [0.2, 0.25) is 0 Å². The van der Waals surface area contributed by atoms with Crippen molar-refractivity contribution in [2.45, 2.75) is 27.7 Å². The first-order chi connectivity index (χ1) is 6.29. The Hall–Kier alpha value is -0.646. The number of carbonyl (C=O) groups excluding carboxylic acids is 2. The van der Waals surface area contributed by atoms with Gasteiger partial charge < -0.3 is 30.0 Å². The van der Waals surface area contributed by atoms with Crippen LogP contribution in [0.1, 0.15) is 27.7 Å². The second-order valence-corrected chi connectivity index (χ2v) is 1.62. The molecule has 0 bridgehead atoms. The largest absolute Gasteiger partial charge is 2.00 e. The minimum absolute atomic E-state index is 0. The Kier molecular flexibility index (Phi) is 73.5. The van der Waals surface area contributed by atoms with E-state index in [1.54, 1.807) is 13.8 Å². The van der Waals surface area contributed by atoms with Gasteiger partial charge in [0.15, 0.2) is 0 Å². The molecule has 0 aliphatic carbocycles. The fraction of sp³-hybridized carbons (Fsp3) is 0.750.